The molecule has 0 atom stereocenters. The first kappa shape index (κ1) is 25.0. The SMILES string of the molecule is Cl.Cl.Clc1ccccc1COc1ccc(CNCCCN2CCOCC2)cc1. The summed E-state index contributed by atoms with van der Waals surface area (Å²) in [6, 6.07) is 16.0. The number of morpholine rings is 1. The second-order valence-electron chi connectivity index (χ2n) is 6.51. The predicted octanol–water partition coefficient (Wildman–Crippen LogP) is 4.57. The van der Waals surface area contributed by atoms with E-state index in [-0.39, 0.29) is 24.8 Å². The van der Waals surface area contributed by atoms with Gasteiger partial charge in [-0.1, -0.05) is 41.9 Å². The molecule has 1 saturated heterocycles. The maximum Gasteiger partial charge on any atom is 0.119 e. The Hall–Kier alpha value is -1.01. The molecule has 0 radical (unpaired) electrons. The zero-order chi connectivity index (χ0) is 18.0. The lowest BCUT2D eigenvalue weighted by Gasteiger charge is -2.26. The van der Waals surface area contributed by atoms with E-state index in [2.05, 4.69) is 22.3 Å². The number of halogens is 3. The molecule has 2 aromatic rings. The average molecular weight is 448 g/mol. The lowest BCUT2D eigenvalue weighted by molar-refractivity contribution is 0.0374. The van der Waals surface area contributed by atoms with E-state index in [9.17, 15) is 0 Å². The summed E-state index contributed by atoms with van der Waals surface area (Å²) in [4.78, 5) is 2.47. The van der Waals surface area contributed by atoms with Crippen molar-refractivity contribution in [1.82, 2.24) is 10.2 Å². The minimum Gasteiger partial charge on any atom is -0.489 e. The van der Waals surface area contributed by atoms with E-state index in [0.717, 1.165) is 62.3 Å². The summed E-state index contributed by atoms with van der Waals surface area (Å²) in [7, 11) is 0. The molecule has 7 heteroatoms. The molecule has 3 rings (SSSR count). The average Bonchev–Trinajstić information content (AvgIpc) is 2.69. The van der Waals surface area contributed by atoms with Crippen molar-refractivity contribution in [3.63, 3.8) is 0 Å². The van der Waals surface area contributed by atoms with Gasteiger partial charge in [0, 0.05) is 30.2 Å². The summed E-state index contributed by atoms with van der Waals surface area (Å²) in [6.45, 7) is 7.42. The molecular weight excluding hydrogens is 419 g/mol. The molecule has 1 aliphatic heterocycles. The summed E-state index contributed by atoms with van der Waals surface area (Å²) >= 11 is 6.15. The Bertz CT molecular complexity index is 665. The number of hydrogen-bond acceptors (Lipinski definition) is 4. The molecule has 28 heavy (non-hydrogen) atoms. The number of nitrogens with zero attached hydrogens (tertiary/aromatic N) is 1. The largest absolute Gasteiger partial charge is 0.489 e. The number of rotatable bonds is 9. The van der Waals surface area contributed by atoms with Crippen LogP contribution >= 0.6 is 36.4 Å². The third-order valence-corrected chi connectivity index (χ3v) is 4.90. The lowest BCUT2D eigenvalue weighted by atomic mass is 10.2. The van der Waals surface area contributed by atoms with Gasteiger partial charge in [0.2, 0.25) is 0 Å². The van der Waals surface area contributed by atoms with Gasteiger partial charge in [-0.05, 0) is 43.3 Å². The topological polar surface area (TPSA) is 33.7 Å². The van der Waals surface area contributed by atoms with Gasteiger partial charge in [0.1, 0.15) is 12.4 Å². The highest BCUT2D eigenvalue weighted by Gasteiger charge is 2.08. The van der Waals surface area contributed by atoms with E-state index < -0.39 is 0 Å². The summed E-state index contributed by atoms with van der Waals surface area (Å²) in [5.41, 5.74) is 2.27. The van der Waals surface area contributed by atoms with Crippen molar-refractivity contribution >= 4 is 36.4 Å². The normalized spacial score (nSPS) is 14.0. The van der Waals surface area contributed by atoms with Crippen LogP contribution in [0.25, 0.3) is 0 Å². The van der Waals surface area contributed by atoms with E-state index in [1.807, 2.05) is 36.4 Å². The molecule has 0 unspecified atom stereocenters. The Morgan fingerprint density at radius 3 is 2.43 bits per heavy atom. The van der Waals surface area contributed by atoms with Crippen LogP contribution in [0, 0.1) is 0 Å². The fraction of sp³-hybridized carbons (Fsp3) is 0.429. The molecule has 1 fully saturated rings. The van der Waals surface area contributed by atoms with Crippen LogP contribution in [0.2, 0.25) is 5.02 Å². The molecule has 4 nitrogen and oxygen atoms in total. The van der Waals surface area contributed by atoms with Crippen LogP contribution < -0.4 is 10.1 Å². The fourth-order valence-electron chi connectivity index (χ4n) is 2.97. The molecule has 0 amide bonds. The number of nitrogens with one attached hydrogen (secondary N) is 1. The first-order valence-corrected chi connectivity index (χ1v) is 9.65. The van der Waals surface area contributed by atoms with E-state index >= 15 is 0 Å². The number of hydrogen-bond donors (Lipinski definition) is 1. The summed E-state index contributed by atoms with van der Waals surface area (Å²) in [6.07, 6.45) is 1.17. The van der Waals surface area contributed by atoms with Gasteiger partial charge in [-0.15, -0.1) is 24.8 Å². The van der Waals surface area contributed by atoms with Crippen LogP contribution in [-0.4, -0.2) is 44.3 Å². The molecule has 0 saturated carbocycles. The van der Waals surface area contributed by atoms with Crippen molar-refractivity contribution in [2.75, 3.05) is 39.4 Å². The number of benzene rings is 2. The van der Waals surface area contributed by atoms with Crippen LogP contribution in [0.5, 0.6) is 5.75 Å². The van der Waals surface area contributed by atoms with Gasteiger partial charge in [0.25, 0.3) is 0 Å². The van der Waals surface area contributed by atoms with Crippen LogP contribution in [0.3, 0.4) is 0 Å². The van der Waals surface area contributed by atoms with Gasteiger partial charge in [0.05, 0.1) is 13.2 Å². The summed E-state index contributed by atoms with van der Waals surface area (Å²) < 4.78 is 11.2. The Balaban J connectivity index is 0.00000196. The van der Waals surface area contributed by atoms with E-state index in [1.165, 1.54) is 12.0 Å². The molecule has 0 aliphatic carbocycles. The van der Waals surface area contributed by atoms with Crippen LogP contribution in [-0.2, 0) is 17.9 Å². The van der Waals surface area contributed by atoms with Gasteiger partial charge in [-0.3, -0.25) is 4.90 Å². The van der Waals surface area contributed by atoms with Gasteiger partial charge in [-0.25, -0.2) is 0 Å². The molecule has 0 spiro atoms. The minimum atomic E-state index is 0. The molecule has 1 aliphatic rings. The molecular formula is C21H29Cl3N2O2. The van der Waals surface area contributed by atoms with Crippen LogP contribution in [0.1, 0.15) is 17.5 Å². The molecule has 156 valence electrons. The Kier molecular flexibility index (Phi) is 12.6. The Morgan fingerprint density at radius 1 is 1.00 bits per heavy atom. The van der Waals surface area contributed by atoms with Crippen molar-refractivity contribution in [2.45, 2.75) is 19.6 Å². The molecule has 2 aromatic carbocycles. The summed E-state index contributed by atoms with van der Waals surface area (Å²) in [5, 5.41) is 4.25. The highest BCUT2D eigenvalue weighted by atomic mass is 35.5. The minimum absolute atomic E-state index is 0. The van der Waals surface area contributed by atoms with Gasteiger partial charge < -0.3 is 14.8 Å². The van der Waals surface area contributed by atoms with Gasteiger partial charge >= 0.3 is 0 Å². The first-order chi connectivity index (χ1) is 12.8. The second kappa shape index (κ2) is 14.0. The maximum absolute atomic E-state index is 6.15. The molecule has 0 bridgehead atoms. The van der Waals surface area contributed by atoms with Gasteiger partial charge in [0.15, 0.2) is 0 Å². The van der Waals surface area contributed by atoms with E-state index in [1.54, 1.807) is 0 Å². The van der Waals surface area contributed by atoms with Crippen molar-refractivity contribution < 1.29 is 9.47 Å². The third kappa shape index (κ3) is 8.56. The fourth-order valence-corrected chi connectivity index (χ4v) is 3.16. The molecule has 1 N–H and O–H groups in total. The van der Waals surface area contributed by atoms with Crippen LogP contribution in [0.15, 0.2) is 48.5 Å². The standard InChI is InChI=1S/C21H27ClN2O2.2ClH/c22-21-5-2-1-4-19(21)17-26-20-8-6-18(7-9-20)16-23-10-3-11-24-12-14-25-15-13-24;;/h1-2,4-9,23H,3,10-17H2;2*1H. The molecule has 1 heterocycles. The lowest BCUT2D eigenvalue weighted by Crippen LogP contribution is -2.37. The highest BCUT2D eigenvalue weighted by Crippen LogP contribution is 2.19. The van der Waals surface area contributed by atoms with Crippen molar-refractivity contribution in [2.24, 2.45) is 0 Å². The smallest absolute Gasteiger partial charge is 0.119 e. The number of ether oxygens (including phenoxy) is 2. The summed E-state index contributed by atoms with van der Waals surface area (Å²) in [5.74, 6) is 0.862. The Labute approximate surface area is 185 Å². The zero-order valence-electron chi connectivity index (χ0n) is 15.9. The predicted molar refractivity (Wildman–Crippen MR) is 120 cm³/mol. The Morgan fingerprint density at radius 2 is 1.71 bits per heavy atom. The monoisotopic (exact) mass is 446 g/mol. The zero-order valence-corrected chi connectivity index (χ0v) is 18.3. The van der Waals surface area contributed by atoms with Gasteiger partial charge in [-0.2, -0.15) is 0 Å². The van der Waals surface area contributed by atoms with E-state index in [0.29, 0.717) is 6.61 Å². The van der Waals surface area contributed by atoms with Crippen molar-refractivity contribution in [3.8, 4) is 5.75 Å². The first-order valence-electron chi connectivity index (χ1n) is 9.27. The van der Waals surface area contributed by atoms with Crippen LogP contribution in [0.4, 0.5) is 0 Å². The molecule has 0 aromatic heterocycles. The second-order valence-corrected chi connectivity index (χ2v) is 6.92. The highest BCUT2D eigenvalue weighted by molar-refractivity contribution is 6.31. The quantitative estimate of drug-likeness (QED) is 0.571. The van der Waals surface area contributed by atoms with Crippen molar-refractivity contribution in [1.29, 1.82) is 0 Å². The third-order valence-electron chi connectivity index (χ3n) is 4.54. The van der Waals surface area contributed by atoms with E-state index in [4.69, 9.17) is 21.1 Å². The maximum atomic E-state index is 6.15. The van der Waals surface area contributed by atoms with Crippen molar-refractivity contribution in [3.05, 3.63) is 64.7 Å².